The van der Waals surface area contributed by atoms with E-state index in [0.717, 1.165) is 0 Å². The minimum Gasteiger partial charge on any atom is -0.332 e. The summed E-state index contributed by atoms with van der Waals surface area (Å²) in [6.07, 6.45) is 0. The van der Waals surface area contributed by atoms with Gasteiger partial charge in [-0.15, -0.1) is 22.7 Å². The van der Waals surface area contributed by atoms with E-state index < -0.39 is 0 Å². The van der Waals surface area contributed by atoms with E-state index in [4.69, 9.17) is 0 Å². The van der Waals surface area contributed by atoms with Crippen LogP contribution in [0.15, 0.2) is 35.0 Å². The average molecular weight is 250 g/mol. The van der Waals surface area contributed by atoms with Crippen molar-refractivity contribution in [3.05, 3.63) is 51.7 Å². The summed E-state index contributed by atoms with van der Waals surface area (Å²) in [7, 11) is 0. The van der Waals surface area contributed by atoms with E-state index in [1.54, 1.807) is 27.6 Å². The van der Waals surface area contributed by atoms with Crippen molar-refractivity contribution in [2.75, 3.05) is 0 Å². The van der Waals surface area contributed by atoms with E-state index in [1.165, 1.54) is 9.75 Å². The van der Waals surface area contributed by atoms with Gasteiger partial charge < -0.3 is 4.90 Å². The first-order chi connectivity index (χ1) is 7.75. The van der Waals surface area contributed by atoms with Crippen LogP contribution in [0.2, 0.25) is 0 Å². The van der Waals surface area contributed by atoms with Crippen molar-refractivity contribution in [3.63, 3.8) is 0 Å². The number of rotatable bonds is 4. The lowest BCUT2D eigenvalue weighted by atomic mass is 10.3. The summed E-state index contributed by atoms with van der Waals surface area (Å²) >= 11 is 3.33. The second-order valence-electron chi connectivity index (χ2n) is 3.41. The molecule has 2 nitrogen and oxygen atoms in total. The van der Waals surface area contributed by atoms with Gasteiger partial charge in [0.15, 0.2) is 0 Å². The van der Waals surface area contributed by atoms with Crippen LogP contribution in [-0.4, -0.2) is 10.8 Å². The lowest BCUT2D eigenvalue weighted by Crippen LogP contribution is -2.27. The Labute approximate surface area is 103 Å². The maximum absolute atomic E-state index is 11.4. The van der Waals surface area contributed by atoms with Gasteiger partial charge in [0.2, 0.25) is 5.91 Å². The third-order valence-electron chi connectivity index (χ3n) is 2.21. The SMILES string of the molecule is [CH2]C(=O)N(Cc1cccs1)Cc1cccs1. The van der Waals surface area contributed by atoms with Crippen molar-refractivity contribution in [1.29, 1.82) is 0 Å². The molecule has 0 N–H and O–H groups in total. The van der Waals surface area contributed by atoms with E-state index >= 15 is 0 Å². The molecule has 0 fully saturated rings. The summed E-state index contributed by atoms with van der Waals surface area (Å²) < 4.78 is 0. The molecule has 0 saturated heterocycles. The quantitative estimate of drug-likeness (QED) is 0.816. The Morgan fingerprint density at radius 1 is 1.12 bits per heavy atom. The normalized spacial score (nSPS) is 10.3. The molecule has 83 valence electrons. The van der Waals surface area contributed by atoms with E-state index in [2.05, 4.69) is 6.92 Å². The van der Waals surface area contributed by atoms with Crippen LogP contribution >= 0.6 is 22.7 Å². The molecule has 2 heterocycles. The topological polar surface area (TPSA) is 20.3 Å². The van der Waals surface area contributed by atoms with E-state index in [9.17, 15) is 4.79 Å². The Kier molecular flexibility index (Phi) is 3.74. The third kappa shape index (κ3) is 2.93. The predicted octanol–water partition coefficient (Wildman–Crippen LogP) is 3.17. The highest BCUT2D eigenvalue weighted by Crippen LogP contribution is 2.16. The van der Waals surface area contributed by atoms with Gasteiger partial charge in [0.05, 0.1) is 13.1 Å². The van der Waals surface area contributed by atoms with E-state index in [1.807, 2.05) is 35.0 Å². The molecule has 0 saturated carbocycles. The maximum atomic E-state index is 11.4. The molecule has 0 atom stereocenters. The van der Waals surface area contributed by atoms with Crippen molar-refractivity contribution in [2.24, 2.45) is 0 Å². The van der Waals surface area contributed by atoms with Crippen LogP contribution in [-0.2, 0) is 17.9 Å². The molecule has 0 spiro atoms. The Balaban J connectivity index is 2.03. The zero-order valence-corrected chi connectivity index (χ0v) is 10.4. The summed E-state index contributed by atoms with van der Waals surface area (Å²) in [4.78, 5) is 15.6. The highest BCUT2D eigenvalue weighted by Gasteiger charge is 2.11. The fourth-order valence-electron chi connectivity index (χ4n) is 1.41. The van der Waals surface area contributed by atoms with Gasteiger partial charge in [-0.05, 0) is 22.9 Å². The lowest BCUT2D eigenvalue weighted by molar-refractivity contribution is -0.127. The molecule has 0 aliphatic carbocycles. The molecular weight excluding hydrogens is 238 g/mol. The largest absolute Gasteiger partial charge is 0.332 e. The average Bonchev–Trinajstić information content (AvgIpc) is 2.88. The molecule has 1 radical (unpaired) electrons. The first-order valence-electron chi connectivity index (χ1n) is 4.91. The van der Waals surface area contributed by atoms with Crippen LogP contribution in [0.1, 0.15) is 9.75 Å². The van der Waals surface area contributed by atoms with Crippen molar-refractivity contribution in [3.8, 4) is 0 Å². The van der Waals surface area contributed by atoms with Crippen molar-refractivity contribution in [2.45, 2.75) is 13.1 Å². The fraction of sp³-hybridized carbons (Fsp3) is 0.167. The summed E-state index contributed by atoms with van der Waals surface area (Å²) in [6, 6.07) is 8.07. The number of hydrogen-bond donors (Lipinski definition) is 0. The van der Waals surface area contributed by atoms with Crippen LogP contribution in [0.3, 0.4) is 0 Å². The second kappa shape index (κ2) is 5.27. The lowest BCUT2D eigenvalue weighted by Gasteiger charge is -2.19. The number of thiophene rings is 2. The Hall–Kier alpha value is -1.13. The minimum absolute atomic E-state index is 0.123. The first-order valence-corrected chi connectivity index (χ1v) is 6.67. The van der Waals surface area contributed by atoms with Crippen LogP contribution in [0.4, 0.5) is 0 Å². The summed E-state index contributed by atoms with van der Waals surface area (Å²) in [5, 5.41) is 4.04. The Bertz CT molecular complexity index is 397. The number of carbonyl (C=O) groups excluding carboxylic acids is 1. The fourth-order valence-corrected chi connectivity index (χ4v) is 2.85. The predicted molar refractivity (Wildman–Crippen MR) is 68.2 cm³/mol. The number of carbonyl (C=O) groups is 1. The number of amides is 1. The number of nitrogens with zero attached hydrogens (tertiary/aromatic N) is 1. The molecule has 4 heteroatoms. The molecule has 0 bridgehead atoms. The Morgan fingerprint density at radius 3 is 1.94 bits per heavy atom. The summed E-state index contributed by atoms with van der Waals surface area (Å²) in [6.45, 7) is 4.80. The molecule has 0 aliphatic heterocycles. The Morgan fingerprint density at radius 2 is 1.62 bits per heavy atom. The van der Waals surface area contributed by atoms with Crippen molar-refractivity contribution in [1.82, 2.24) is 4.90 Å². The van der Waals surface area contributed by atoms with Gasteiger partial charge in [-0.3, -0.25) is 4.79 Å². The van der Waals surface area contributed by atoms with Crippen molar-refractivity contribution >= 4 is 28.6 Å². The molecule has 1 amide bonds. The maximum Gasteiger partial charge on any atom is 0.223 e. The zero-order valence-electron chi connectivity index (χ0n) is 8.76. The molecule has 16 heavy (non-hydrogen) atoms. The molecule has 0 aliphatic rings. The van der Waals surface area contributed by atoms with E-state index in [-0.39, 0.29) is 5.91 Å². The van der Waals surface area contributed by atoms with Gasteiger partial charge in [0, 0.05) is 16.7 Å². The van der Waals surface area contributed by atoms with Crippen LogP contribution in [0, 0.1) is 6.92 Å². The van der Waals surface area contributed by atoms with Crippen LogP contribution < -0.4 is 0 Å². The van der Waals surface area contributed by atoms with Gasteiger partial charge >= 0.3 is 0 Å². The summed E-state index contributed by atoms with van der Waals surface area (Å²) in [5.74, 6) is -0.123. The molecule has 2 aromatic heterocycles. The van der Waals surface area contributed by atoms with Crippen LogP contribution in [0.25, 0.3) is 0 Å². The zero-order chi connectivity index (χ0) is 11.4. The van der Waals surface area contributed by atoms with Gasteiger partial charge in [0.25, 0.3) is 0 Å². The van der Waals surface area contributed by atoms with E-state index in [0.29, 0.717) is 13.1 Å². The molecule has 2 aromatic rings. The van der Waals surface area contributed by atoms with Crippen LogP contribution in [0.5, 0.6) is 0 Å². The summed E-state index contributed by atoms with van der Waals surface area (Å²) in [5.41, 5.74) is 0. The molecule has 2 rings (SSSR count). The monoisotopic (exact) mass is 250 g/mol. The van der Waals surface area contributed by atoms with Crippen molar-refractivity contribution < 1.29 is 4.79 Å². The standard InChI is InChI=1S/C12H12NOS2/c1-10(14)13(8-11-4-2-6-15-11)9-12-5-3-7-16-12/h2-7H,1,8-9H2. The molecule has 0 unspecified atom stereocenters. The van der Waals surface area contributed by atoms with Gasteiger partial charge in [-0.25, -0.2) is 0 Å². The van der Waals surface area contributed by atoms with Gasteiger partial charge in [0.1, 0.15) is 0 Å². The molecular formula is C12H12NOS2. The number of hydrogen-bond acceptors (Lipinski definition) is 3. The highest BCUT2D eigenvalue weighted by molar-refractivity contribution is 7.10. The van der Waals surface area contributed by atoms with Gasteiger partial charge in [-0.2, -0.15) is 0 Å². The molecule has 0 aromatic carbocycles. The highest BCUT2D eigenvalue weighted by atomic mass is 32.1. The third-order valence-corrected chi connectivity index (χ3v) is 3.93. The smallest absolute Gasteiger partial charge is 0.223 e. The second-order valence-corrected chi connectivity index (χ2v) is 5.47. The van der Waals surface area contributed by atoms with Gasteiger partial charge in [-0.1, -0.05) is 12.1 Å². The first kappa shape index (κ1) is 11.4. The minimum atomic E-state index is -0.123.